The van der Waals surface area contributed by atoms with E-state index in [1.807, 2.05) is 41.8 Å². The van der Waals surface area contributed by atoms with Crippen molar-refractivity contribution in [3.63, 3.8) is 0 Å². The topological polar surface area (TPSA) is 63.9 Å². The molecular formula is C14H13N3OS. The number of methoxy groups -OCH3 is 1. The zero-order valence-electron chi connectivity index (χ0n) is 10.4. The molecule has 5 heteroatoms. The zero-order chi connectivity index (χ0) is 13.2. The summed E-state index contributed by atoms with van der Waals surface area (Å²) in [5.41, 5.74) is 8.77. The number of nitrogen functional groups attached to an aromatic ring is 1. The van der Waals surface area contributed by atoms with E-state index in [-0.39, 0.29) is 0 Å². The summed E-state index contributed by atoms with van der Waals surface area (Å²) in [5.74, 6) is 1.27. The summed E-state index contributed by atoms with van der Waals surface area (Å²) in [4.78, 5) is 1.10. The van der Waals surface area contributed by atoms with Gasteiger partial charge in [0.05, 0.1) is 23.2 Å². The Morgan fingerprint density at radius 1 is 1.21 bits per heavy atom. The molecule has 19 heavy (non-hydrogen) atoms. The van der Waals surface area contributed by atoms with Crippen LogP contribution in [0.2, 0.25) is 0 Å². The predicted molar refractivity (Wildman–Crippen MR) is 78.3 cm³/mol. The van der Waals surface area contributed by atoms with Gasteiger partial charge in [0, 0.05) is 5.56 Å². The summed E-state index contributed by atoms with van der Waals surface area (Å²) >= 11 is 1.64. The van der Waals surface area contributed by atoms with Crippen molar-refractivity contribution >= 4 is 17.2 Å². The van der Waals surface area contributed by atoms with Crippen molar-refractivity contribution in [1.29, 1.82) is 0 Å². The van der Waals surface area contributed by atoms with Gasteiger partial charge in [0.25, 0.3) is 0 Å². The lowest BCUT2D eigenvalue weighted by molar-refractivity contribution is 0.416. The number of para-hydroxylation sites is 1. The van der Waals surface area contributed by atoms with Crippen molar-refractivity contribution in [1.82, 2.24) is 10.2 Å². The van der Waals surface area contributed by atoms with Crippen LogP contribution in [-0.2, 0) is 0 Å². The molecule has 0 saturated carbocycles. The second-order valence-corrected chi connectivity index (χ2v) is 4.98. The van der Waals surface area contributed by atoms with Gasteiger partial charge in [-0.15, -0.1) is 11.3 Å². The summed E-state index contributed by atoms with van der Waals surface area (Å²) in [6, 6.07) is 11.8. The molecule has 0 radical (unpaired) electrons. The zero-order valence-corrected chi connectivity index (χ0v) is 11.2. The summed E-state index contributed by atoms with van der Waals surface area (Å²) in [6.45, 7) is 0. The molecule has 3 N–H and O–H groups in total. The second kappa shape index (κ2) is 4.78. The Hall–Kier alpha value is -2.27. The van der Waals surface area contributed by atoms with Crippen LogP contribution in [0.25, 0.3) is 21.7 Å². The maximum Gasteiger partial charge on any atom is 0.153 e. The van der Waals surface area contributed by atoms with E-state index in [4.69, 9.17) is 10.5 Å². The van der Waals surface area contributed by atoms with Crippen molar-refractivity contribution in [2.45, 2.75) is 0 Å². The highest BCUT2D eigenvalue weighted by atomic mass is 32.1. The van der Waals surface area contributed by atoms with E-state index < -0.39 is 0 Å². The van der Waals surface area contributed by atoms with Gasteiger partial charge in [0.15, 0.2) is 5.82 Å². The molecule has 0 unspecified atom stereocenters. The van der Waals surface area contributed by atoms with Crippen LogP contribution in [0.3, 0.4) is 0 Å². The van der Waals surface area contributed by atoms with Crippen LogP contribution in [0.15, 0.2) is 41.8 Å². The van der Waals surface area contributed by atoms with Crippen LogP contribution in [0.4, 0.5) is 5.82 Å². The Kier molecular flexibility index (Phi) is 2.97. The number of H-pyrrole nitrogens is 1. The van der Waals surface area contributed by atoms with Crippen LogP contribution in [0.1, 0.15) is 0 Å². The maximum atomic E-state index is 6.01. The standard InChI is InChI=1S/C14H13N3OS/c1-18-10-6-3-2-5-9(10)12-13(16-17-14(12)15)11-7-4-8-19-11/h2-8H,1H3,(H3,15,16,17). The summed E-state index contributed by atoms with van der Waals surface area (Å²) in [7, 11) is 1.65. The number of rotatable bonds is 3. The minimum Gasteiger partial charge on any atom is -0.496 e. The number of nitrogens with one attached hydrogen (secondary N) is 1. The molecule has 2 heterocycles. The molecule has 2 aromatic heterocycles. The Balaban J connectivity index is 2.23. The van der Waals surface area contributed by atoms with Gasteiger partial charge in [-0.05, 0) is 17.5 Å². The molecule has 4 nitrogen and oxygen atoms in total. The van der Waals surface area contributed by atoms with Crippen molar-refractivity contribution < 1.29 is 4.74 Å². The van der Waals surface area contributed by atoms with E-state index in [2.05, 4.69) is 10.2 Å². The Bertz CT molecular complexity index is 689. The smallest absolute Gasteiger partial charge is 0.153 e. The number of aromatic nitrogens is 2. The minimum absolute atomic E-state index is 0.480. The lowest BCUT2D eigenvalue weighted by Crippen LogP contribution is -1.92. The van der Waals surface area contributed by atoms with Crippen LogP contribution in [0, 0.1) is 0 Å². The van der Waals surface area contributed by atoms with E-state index in [0.717, 1.165) is 27.4 Å². The van der Waals surface area contributed by atoms with Gasteiger partial charge in [0.1, 0.15) is 5.75 Å². The molecule has 1 aromatic carbocycles. The maximum absolute atomic E-state index is 6.01. The molecule has 0 aliphatic rings. The number of nitrogens with zero attached hydrogens (tertiary/aromatic N) is 1. The third-order valence-electron chi connectivity index (χ3n) is 2.94. The summed E-state index contributed by atoms with van der Waals surface area (Å²) in [6.07, 6.45) is 0. The van der Waals surface area contributed by atoms with Crippen LogP contribution >= 0.6 is 11.3 Å². The Morgan fingerprint density at radius 2 is 2.05 bits per heavy atom. The van der Waals surface area contributed by atoms with Crippen LogP contribution < -0.4 is 10.5 Å². The molecule has 0 fully saturated rings. The van der Waals surface area contributed by atoms with Gasteiger partial charge in [-0.3, -0.25) is 5.10 Å². The molecule has 3 rings (SSSR count). The number of nitrogens with two attached hydrogens (primary N) is 1. The van der Waals surface area contributed by atoms with Gasteiger partial charge >= 0.3 is 0 Å². The minimum atomic E-state index is 0.480. The second-order valence-electron chi connectivity index (χ2n) is 4.04. The average Bonchev–Trinajstić information content (AvgIpc) is 3.07. The number of hydrogen-bond donors (Lipinski definition) is 2. The number of aromatic amines is 1. The molecule has 0 saturated heterocycles. The largest absolute Gasteiger partial charge is 0.496 e. The number of thiophene rings is 1. The average molecular weight is 271 g/mol. The first-order valence-electron chi connectivity index (χ1n) is 5.82. The lowest BCUT2D eigenvalue weighted by Gasteiger charge is -2.08. The van der Waals surface area contributed by atoms with Gasteiger partial charge in [-0.25, -0.2) is 0 Å². The molecule has 0 bridgehead atoms. The molecule has 0 spiro atoms. The first kappa shape index (κ1) is 11.8. The Morgan fingerprint density at radius 3 is 2.79 bits per heavy atom. The van der Waals surface area contributed by atoms with Crippen molar-refractivity contribution in [3.8, 4) is 27.4 Å². The van der Waals surface area contributed by atoms with Crippen LogP contribution in [-0.4, -0.2) is 17.3 Å². The number of benzene rings is 1. The fourth-order valence-corrected chi connectivity index (χ4v) is 2.81. The third kappa shape index (κ3) is 1.98. The highest BCUT2D eigenvalue weighted by Crippen LogP contribution is 2.40. The van der Waals surface area contributed by atoms with Crippen molar-refractivity contribution in [2.24, 2.45) is 0 Å². The third-order valence-corrected chi connectivity index (χ3v) is 3.83. The molecule has 0 atom stereocenters. The molecular weight excluding hydrogens is 258 g/mol. The molecule has 0 aliphatic heterocycles. The summed E-state index contributed by atoms with van der Waals surface area (Å²) < 4.78 is 5.40. The van der Waals surface area contributed by atoms with Gasteiger partial charge < -0.3 is 10.5 Å². The lowest BCUT2D eigenvalue weighted by atomic mass is 10.0. The first-order chi connectivity index (χ1) is 9.31. The molecule has 3 aromatic rings. The number of anilines is 1. The van der Waals surface area contributed by atoms with E-state index in [1.54, 1.807) is 18.4 Å². The summed E-state index contributed by atoms with van der Waals surface area (Å²) in [5, 5.41) is 9.16. The van der Waals surface area contributed by atoms with Crippen molar-refractivity contribution in [2.75, 3.05) is 12.8 Å². The van der Waals surface area contributed by atoms with E-state index in [0.29, 0.717) is 5.82 Å². The quantitative estimate of drug-likeness (QED) is 0.767. The predicted octanol–water partition coefficient (Wildman–Crippen LogP) is 3.40. The fraction of sp³-hybridized carbons (Fsp3) is 0.0714. The highest BCUT2D eigenvalue weighted by molar-refractivity contribution is 7.13. The van der Waals surface area contributed by atoms with Gasteiger partial charge in [-0.1, -0.05) is 24.3 Å². The molecule has 0 amide bonds. The first-order valence-corrected chi connectivity index (χ1v) is 6.70. The molecule has 96 valence electrons. The monoisotopic (exact) mass is 271 g/mol. The van der Waals surface area contributed by atoms with Gasteiger partial charge in [0.2, 0.25) is 0 Å². The number of ether oxygens (including phenoxy) is 1. The Labute approximate surface area is 114 Å². The van der Waals surface area contributed by atoms with Gasteiger partial charge in [-0.2, -0.15) is 5.10 Å². The molecule has 0 aliphatic carbocycles. The van der Waals surface area contributed by atoms with E-state index in [1.165, 1.54) is 0 Å². The fourth-order valence-electron chi connectivity index (χ4n) is 2.08. The van der Waals surface area contributed by atoms with E-state index >= 15 is 0 Å². The van der Waals surface area contributed by atoms with Crippen LogP contribution in [0.5, 0.6) is 5.75 Å². The van der Waals surface area contributed by atoms with E-state index in [9.17, 15) is 0 Å². The number of hydrogen-bond acceptors (Lipinski definition) is 4. The highest BCUT2D eigenvalue weighted by Gasteiger charge is 2.18. The van der Waals surface area contributed by atoms with Crippen molar-refractivity contribution in [3.05, 3.63) is 41.8 Å². The SMILES string of the molecule is COc1ccccc1-c1c(N)n[nH]c1-c1cccs1. The normalized spacial score (nSPS) is 10.6.